The minimum atomic E-state index is 0.163. The second-order valence-electron chi connectivity index (χ2n) is 5.34. The van der Waals surface area contributed by atoms with Crippen molar-refractivity contribution in [2.75, 3.05) is 0 Å². The lowest BCUT2D eigenvalue weighted by Gasteiger charge is -2.20. The predicted octanol–water partition coefficient (Wildman–Crippen LogP) is 2.50. The summed E-state index contributed by atoms with van der Waals surface area (Å²) in [5.41, 5.74) is 9.38. The number of hydrogen-bond donors (Lipinski definition) is 1. The first-order chi connectivity index (χ1) is 9.29. The Morgan fingerprint density at radius 1 is 1.42 bits per heavy atom. The Bertz CT molecular complexity index is 559. The molecule has 0 spiro atoms. The van der Waals surface area contributed by atoms with E-state index >= 15 is 0 Å². The zero-order chi connectivity index (χ0) is 13.2. The van der Waals surface area contributed by atoms with Crippen LogP contribution in [-0.4, -0.2) is 15.6 Å². The van der Waals surface area contributed by atoms with E-state index < -0.39 is 0 Å². The molecule has 0 bridgehead atoms. The molecule has 2 unspecified atom stereocenters. The molecule has 1 heterocycles. The van der Waals surface area contributed by atoms with E-state index in [0.717, 1.165) is 25.2 Å². The molecule has 2 aromatic rings. The standard InChI is InChI=1S/C16H21N3/c1-2-19-10-9-18-16(19)11-15(17)14-8-7-12-5-3-4-6-13(12)14/h3-6,9-10,14-15H,2,7-8,11,17H2,1H3. The van der Waals surface area contributed by atoms with E-state index in [1.807, 2.05) is 12.4 Å². The van der Waals surface area contributed by atoms with Gasteiger partial charge in [-0.25, -0.2) is 4.98 Å². The molecular weight excluding hydrogens is 234 g/mol. The van der Waals surface area contributed by atoms with Crippen molar-refractivity contribution in [3.05, 3.63) is 53.6 Å². The van der Waals surface area contributed by atoms with Crippen LogP contribution in [-0.2, 0) is 19.4 Å². The Morgan fingerprint density at radius 3 is 3.11 bits per heavy atom. The van der Waals surface area contributed by atoms with Crippen LogP contribution in [0.1, 0.15) is 36.2 Å². The molecular formula is C16H21N3. The summed E-state index contributed by atoms with van der Waals surface area (Å²) in [5.74, 6) is 1.59. The summed E-state index contributed by atoms with van der Waals surface area (Å²) in [7, 11) is 0. The van der Waals surface area contributed by atoms with Crippen LogP contribution in [0, 0.1) is 0 Å². The lowest BCUT2D eigenvalue weighted by atomic mass is 9.91. The zero-order valence-electron chi connectivity index (χ0n) is 11.4. The fraction of sp³-hybridized carbons (Fsp3) is 0.438. The Morgan fingerprint density at radius 2 is 2.26 bits per heavy atom. The van der Waals surface area contributed by atoms with Gasteiger partial charge in [-0.1, -0.05) is 24.3 Å². The van der Waals surface area contributed by atoms with E-state index in [0.29, 0.717) is 5.92 Å². The van der Waals surface area contributed by atoms with Gasteiger partial charge in [-0.05, 0) is 30.9 Å². The molecule has 1 aromatic heterocycles. The summed E-state index contributed by atoms with van der Waals surface area (Å²) >= 11 is 0. The van der Waals surface area contributed by atoms with Gasteiger partial charge in [-0.2, -0.15) is 0 Å². The quantitative estimate of drug-likeness (QED) is 0.912. The third kappa shape index (κ3) is 2.30. The highest BCUT2D eigenvalue weighted by Crippen LogP contribution is 2.35. The Balaban J connectivity index is 1.77. The summed E-state index contributed by atoms with van der Waals surface area (Å²) in [5, 5.41) is 0. The second-order valence-corrected chi connectivity index (χ2v) is 5.34. The van der Waals surface area contributed by atoms with Crippen molar-refractivity contribution in [2.24, 2.45) is 5.73 Å². The number of imidazole rings is 1. The fourth-order valence-electron chi connectivity index (χ4n) is 3.21. The summed E-state index contributed by atoms with van der Waals surface area (Å²) in [4.78, 5) is 4.44. The van der Waals surface area contributed by atoms with E-state index in [4.69, 9.17) is 5.73 Å². The van der Waals surface area contributed by atoms with Crippen LogP contribution in [0.4, 0.5) is 0 Å². The molecule has 3 rings (SSSR count). The Kier molecular flexibility index (Phi) is 3.38. The van der Waals surface area contributed by atoms with Crippen LogP contribution in [0.5, 0.6) is 0 Å². The van der Waals surface area contributed by atoms with Gasteiger partial charge in [0.15, 0.2) is 0 Å². The number of aryl methyl sites for hydroxylation is 2. The SMILES string of the molecule is CCn1ccnc1CC(N)C1CCc2ccccc21. The van der Waals surface area contributed by atoms with Gasteiger partial charge in [0.05, 0.1) is 0 Å². The van der Waals surface area contributed by atoms with E-state index in [2.05, 4.69) is 40.7 Å². The van der Waals surface area contributed by atoms with E-state index in [1.165, 1.54) is 17.5 Å². The first-order valence-corrected chi connectivity index (χ1v) is 7.13. The predicted molar refractivity (Wildman–Crippen MR) is 77.1 cm³/mol. The molecule has 2 N–H and O–H groups in total. The van der Waals surface area contributed by atoms with Gasteiger partial charge in [0.1, 0.15) is 5.82 Å². The molecule has 19 heavy (non-hydrogen) atoms. The molecule has 2 atom stereocenters. The normalized spacial score (nSPS) is 19.4. The first kappa shape index (κ1) is 12.4. The van der Waals surface area contributed by atoms with Crippen LogP contribution in [0.2, 0.25) is 0 Å². The molecule has 0 amide bonds. The average molecular weight is 255 g/mol. The Hall–Kier alpha value is -1.61. The molecule has 1 aliphatic rings. The van der Waals surface area contributed by atoms with Crippen molar-refractivity contribution in [1.29, 1.82) is 0 Å². The van der Waals surface area contributed by atoms with Crippen molar-refractivity contribution < 1.29 is 0 Å². The Labute approximate surface area is 114 Å². The maximum Gasteiger partial charge on any atom is 0.110 e. The molecule has 3 nitrogen and oxygen atoms in total. The minimum absolute atomic E-state index is 0.163. The molecule has 100 valence electrons. The number of hydrogen-bond acceptors (Lipinski definition) is 2. The topological polar surface area (TPSA) is 43.8 Å². The van der Waals surface area contributed by atoms with Crippen LogP contribution < -0.4 is 5.73 Å². The van der Waals surface area contributed by atoms with Crippen LogP contribution in [0.3, 0.4) is 0 Å². The van der Waals surface area contributed by atoms with Gasteiger partial charge in [0, 0.05) is 37.3 Å². The van der Waals surface area contributed by atoms with E-state index in [9.17, 15) is 0 Å². The summed E-state index contributed by atoms with van der Waals surface area (Å²) in [6.07, 6.45) is 7.10. The summed E-state index contributed by atoms with van der Waals surface area (Å²) in [6, 6.07) is 8.87. The zero-order valence-corrected chi connectivity index (χ0v) is 11.4. The van der Waals surface area contributed by atoms with E-state index in [1.54, 1.807) is 0 Å². The second kappa shape index (κ2) is 5.17. The van der Waals surface area contributed by atoms with Crippen LogP contribution in [0.25, 0.3) is 0 Å². The van der Waals surface area contributed by atoms with Gasteiger partial charge < -0.3 is 10.3 Å². The minimum Gasteiger partial charge on any atom is -0.335 e. The van der Waals surface area contributed by atoms with Crippen molar-refractivity contribution in [2.45, 2.75) is 44.7 Å². The molecule has 0 saturated carbocycles. The summed E-state index contributed by atoms with van der Waals surface area (Å²) < 4.78 is 2.18. The first-order valence-electron chi connectivity index (χ1n) is 7.13. The number of nitrogens with zero attached hydrogens (tertiary/aromatic N) is 2. The molecule has 0 saturated heterocycles. The van der Waals surface area contributed by atoms with Crippen molar-refractivity contribution in [1.82, 2.24) is 9.55 Å². The lowest BCUT2D eigenvalue weighted by molar-refractivity contribution is 0.504. The van der Waals surface area contributed by atoms with Crippen molar-refractivity contribution >= 4 is 0 Å². The number of aromatic nitrogens is 2. The van der Waals surface area contributed by atoms with Crippen LogP contribution >= 0.6 is 0 Å². The molecule has 3 heteroatoms. The third-order valence-corrected chi connectivity index (χ3v) is 4.26. The highest BCUT2D eigenvalue weighted by atomic mass is 15.1. The van der Waals surface area contributed by atoms with Gasteiger partial charge in [-0.3, -0.25) is 0 Å². The maximum absolute atomic E-state index is 6.46. The molecule has 0 radical (unpaired) electrons. The smallest absolute Gasteiger partial charge is 0.110 e. The summed E-state index contributed by atoms with van der Waals surface area (Å²) in [6.45, 7) is 3.10. The number of fused-ring (bicyclic) bond motifs is 1. The molecule has 1 aromatic carbocycles. The largest absolute Gasteiger partial charge is 0.335 e. The van der Waals surface area contributed by atoms with Gasteiger partial charge in [0.2, 0.25) is 0 Å². The van der Waals surface area contributed by atoms with E-state index in [-0.39, 0.29) is 6.04 Å². The highest BCUT2D eigenvalue weighted by Gasteiger charge is 2.28. The van der Waals surface area contributed by atoms with Gasteiger partial charge >= 0.3 is 0 Å². The molecule has 0 aliphatic heterocycles. The number of rotatable bonds is 4. The van der Waals surface area contributed by atoms with Crippen molar-refractivity contribution in [3.8, 4) is 0 Å². The average Bonchev–Trinajstić information content (AvgIpc) is 3.04. The maximum atomic E-state index is 6.46. The van der Waals surface area contributed by atoms with Crippen LogP contribution in [0.15, 0.2) is 36.7 Å². The number of benzene rings is 1. The monoisotopic (exact) mass is 255 g/mol. The van der Waals surface area contributed by atoms with Gasteiger partial charge in [-0.15, -0.1) is 0 Å². The lowest BCUT2D eigenvalue weighted by Crippen LogP contribution is -2.30. The molecule has 1 aliphatic carbocycles. The fourth-order valence-corrected chi connectivity index (χ4v) is 3.21. The van der Waals surface area contributed by atoms with Crippen molar-refractivity contribution in [3.63, 3.8) is 0 Å². The van der Waals surface area contributed by atoms with Gasteiger partial charge in [0.25, 0.3) is 0 Å². The number of nitrogens with two attached hydrogens (primary N) is 1. The highest BCUT2D eigenvalue weighted by molar-refractivity contribution is 5.36. The third-order valence-electron chi connectivity index (χ3n) is 4.26. The molecule has 0 fully saturated rings.